The number of nitrogens with zero attached hydrogens (tertiary/aromatic N) is 2. The van der Waals surface area contributed by atoms with Crippen molar-refractivity contribution in [1.82, 2.24) is 9.55 Å². The minimum absolute atomic E-state index is 1.01. The molecule has 10 rings (SSSR count). The van der Waals surface area contributed by atoms with Gasteiger partial charge in [-0.25, -0.2) is 0 Å². The third kappa shape index (κ3) is 3.48. The van der Waals surface area contributed by atoms with Crippen LogP contribution in [0.2, 0.25) is 0 Å². The summed E-state index contributed by atoms with van der Waals surface area (Å²) in [5.74, 6) is 0. The monoisotopic (exact) mass is 570 g/mol. The lowest BCUT2D eigenvalue weighted by Gasteiger charge is -2.12. The van der Waals surface area contributed by atoms with Crippen molar-refractivity contribution in [3.8, 4) is 50.2 Å². The van der Waals surface area contributed by atoms with Crippen molar-refractivity contribution < 1.29 is 0 Å². The molecule has 0 saturated heterocycles. The van der Waals surface area contributed by atoms with Gasteiger partial charge in [-0.15, -0.1) is 0 Å². The van der Waals surface area contributed by atoms with Crippen molar-refractivity contribution in [3.63, 3.8) is 0 Å². The Kier molecular flexibility index (Phi) is 5.03. The van der Waals surface area contributed by atoms with Crippen LogP contribution in [0.3, 0.4) is 0 Å². The fourth-order valence-electron chi connectivity index (χ4n) is 7.61. The maximum atomic E-state index is 4.67. The third-order valence-electron chi connectivity index (χ3n) is 9.58. The van der Waals surface area contributed by atoms with E-state index >= 15 is 0 Å². The van der Waals surface area contributed by atoms with E-state index in [1.807, 2.05) is 12.3 Å². The Balaban J connectivity index is 1.17. The van der Waals surface area contributed by atoms with E-state index in [2.05, 4.69) is 155 Å². The van der Waals surface area contributed by atoms with E-state index in [1.165, 1.54) is 77.1 Å². The molecule has 2 nitrogen and oxygen atoms in total. The summed E-state index contributed by atoms with van der Waals surface area (Å²) in [5.41, 5.74) is 14.8. The second-order valence-electron chi connectivity index (χ2n) is 11.9. The van der Waals surface area contributed by atoms with Crippen LogP contribution in [0, 0.1) is 0 Å². The highest BCUT2D eigenvalue weighted by Crippen LogP contribution is 2.49. The number of fused-ring (bicyclic) bond motifs is 8. The molecule has 0 fully saturated rings. The Morgan fingerprint density at radius 1 is 0.400 bits per heavy atom. The van der Waals surface area contributed by atoms with E-state index < -0.39 is 0 Å². The fourth-order valence-corrected chi connectivity index (χ4v) is 7.61. The molecule has 2 heteroatoms. The van der Waals surface area contributed by atoms with Gasteiger partial charge >= 0.3 is 0 Å². The van der Waals surface area contributed by atoms with Gasteiger partial charge in [0, 0.05) is 28.0 Å². The van der Waals surface area contributed by atoms with Crippen molar-refractivity contribution in [1.29, 1.82) is 0 Å². The number of rotatable bonds is 3. The van der Waals surface area contributed by atoms with Crippen LogP contribution < -0.4 is 0 Å². The Labute approximate surface area is 260 Å². The van der Waals surface area contributed by atoms with Crippen LogP contribution in [0.5, 0.6) is 0 Å². The van der Waals surface area contributed by atoms with Crippen LogP contribution in [0.15, 0.2) is 158 Å². The molecule has 9 aromatic rings. The van der Waals surface area contributed by atoms with Crippen molar-refractivity contribution in [2.45, 2.75) is 0 Å². The smallest absolute Gasteiger partial charge is 0.0723 e. The normalized spacial score (nSPS) is 12.0. The van der Waals surface area contributed by atoms with E-state index in [0.717, 1.165) is 16.6 Å². The summed E-state index contributed by atoms with van der Waals surface area (Å²) in [5, 5.41) is 6.30. The average molecular weight is 571 g/mol. The summed E-state index contributed by atoms with van der Waals surface area (Å²) in [4.78, 5) is 4.67. The molecule has 1 aliphatic rings. The van der Waals surface area contributed by atoms with Gasteiger partial charge in [0.05, 0.1) is 16.6 Å². The quantitative estimate of drug-likeness (QED) is 0.207. The van der Waals surface area contributed by atoms with Gasteiger partial charge < -0.3 is 4.57 Å². The molecule has 0 N–H and O–H groups in total. The number of hydrogen-bond acceptors (Lipinski definition) is 1. The van der Waals surface area contributed by atoms with Gasteiger partial charge in [-0.05, 0) is 104 Å². The molecule has 0 radical (unpaired) electrons. The first-order valence-corrected chi connectivity index (χ1v) is 15.5. The summed E-state index contributed by atoms with van der Waals surface area (Å²) in [7, 11) is 0. The maximum Gasteiger partial charge on any atom is 0.0723 e. The fraction of sp³-hybridized carbons (Fsp3) is 0. The molecular weight excluding hydrogens is 544 g/mol. The largest absolute Gasteiger partial charge is 0.309 e. The molecule has 208 valence electrons. The van der Waals surface area contributed by atoms with Crippen LogP contribution in [0.25, 0.3) is 93.7 Å². The lowest BCUT2D eigenvalue weighted by atomic mass is 9.92. The predicted octanol–water partition coefficient (Wildman–Crippen LogP) is 11.5. The molecule has 2 aromatic heterocycles. The van der Waals surface area contributed by atoms with E-state index in [0.29, 0.717) is 0 Å². The molecule has 0 bridgehead atoms. The Bertz CT molecular complexity index is 2610. The topological polar surface area (TPSA) is 17.8 Å². The van der Waals surface area contributed by atoms with Gasteiger partial charge in [-0.3, -0.25) is 4.98 Å². The van der Waals surface area contributed by atoms with Gasteiger partial charge in [-0.1, -0.05) is 103 Å². The Hall–Kier alpha value is -5.99. The van der Waals surface area contributed by atoms with Crippen molar-refractivity contribution >= 4 is 43.5 Å². The molecule has 0 unspecified atom stereocenters. The lowest BCUT2D eigenvalue weighted by molar-refractivity contribution is 1.19. The zero-order chi connectivity index (χ0) is 29.5. The van der Waals surface area contributed by atoms with Gasteiger partial charge in [0.25, 0.3) is 0 Å². The highest BCUT2D eigenvalue weighted by molar-refractivity contribution is 6.20. The van der Waals surface area contributed by atoms with Gasteiger partial charge in [0.1, 0.15) is 0 Å². The summed E-state index contributed by atoms with van der Waals surface area (Å²) in [6.07, 6.45) is 1.87. The maximum absolute atomic E-state index is 4.67. The van der Waals surface area contributed by atoms with E-state index in [-0.39, 0.29) is 0 Å². The first-order valence-electron chi connectivity index (χ1n) is 15.5. The number of aromatic nitrogens is 2. The minimum Gasteiger partial charge on any atom is -0.309 e. The second-order valence-corrected chi connectivity index (χ2v) is 11.9. The van der Waals surface area contributed by atoms with Crippen LogP contribution >= 0.6 is 0 Å². The van der Waals surface area contributed by atoms with Gasteiger partial charge in [0.15, 0.2) is 0 Å². The van der Waals surface area contributed by atoms with Gasteiger partial charge in [-0.2, -0.15) is 0 Å². The van der Waals surface area contributed by atoms with E-state index in [4.69, 9.17) is 0 Å². The Morgan fingerprint density at radius 2 is 1.11 bits per heavy atom. The molecule has 2 heterocycles. The highest BCUT2D eigenvalue weighted by Gasteiger charge is 2.22. The predicted molar refractivity (Wildman–Crippen MR) is 189 cm³/mol. The molecule has 0 amide bonds. The first-order chi connectivity index (χ1) is 22.3. The number of para-hydroxylation sites is 1. The number of pyridine rings is 1. The standard InChI is InChI=1S/C43H26N2/c1-2-11-30(12-3-1)45-41-23-18-28(26-39(41)37-21-22-40-38(43(37)45)17-8-24-44-40)27-9-6-10-29(25-27)31-19-20-36-33-14-5-4-13-32(33)35-16-7-15-34(31)42(35)36/h1-26H. The summed E-state index contributed by atoms with van der Waals surface area (Å²) in [6.45, 7) is 0. The average Bonchev–Trinajstić information content (AvgIpc) is 3.63. The van der Waals surface area contributed by atoms with E-state index in [9.17, 15) is 0 Å². The third-order valence-corrected chi connectivity index (χ3v) is 9.58. The molecular formula is C43H26N2. The molecule has 0 atom stereocenters. The lowest BCUT2D eigenvalue weighted by Crippen LogP contribution is -1.94. The van der Waals surface area contributed by atoms with Crippen LogP contribution in [0.1, 0.15) is 0 Å². The zero-order valence-corrected chi connectivity index (χ0v) is 24.4. The van der Waals surface area contributed by atoms with Crippen LogP contribution in [-0.4, -0.2) is 9.55 Å². The summed E-state index contributed by atoms with van der Waals surface area (Å²) in [6, 6.07) is 55.3. The van der Waals surface area contributed by atoms with E-state index in [1.54, 1.807) is 0 Å². The molecule has 1 aliphatic carbocycles. The number of hydrogen-bond donors (Lipinski definition) is 0. The summed E-state index contributed by atoms with van der Waals surface area (Å²) < 4.78 is 2.39. The Morgan fingerprint density at radius 3 is 2.00 bits per heavy atom. The highest BCUT2D eigenvalue weighted by atomic mass is 15.0. The van der Waals surface area contributed by atoms with Crippen LogP contribution in [0.4, 0.5) is 0 Å². The zero-order valence-electron chi connectivity index (χ0n) is 24.4. The van der Waals surface area contributed by atoms with Crippen molar-refractivity contribution in [3.05, 3.63) is 158 Å². The molecule has 0 saturated carbocycles. The molecule has 0 aliphatic heterocycles. The molecule has 7 aromatic carbocycles. The summed E-state index contributed by atoms with van der Waals surface area (Å²) >= 11 is 0. The molecule has 45 heavy (non-hydrogen) atoms. The molecule has 0 spiro atoms. The number of benzene rings is 7. The second kappa shape index (κ2) is 9.25. The SMILES string of the molecule is c1ccc(-n2c3ccc(-c4cccc(-c5ccc6c7c(cccc57)-c5ccccc5-6)c4)cc3c3ccc4ncccc4c32)cc1. The first kappa shape index (κ1) is 24.5. The van der Waals surface area contributed by atoms with Crippen LogP contribution in [-0.2, 0) is 0 Å². The van der Waals surface area contributed by atoms with Crippen molar-refractivity contribution in [2.24, 2.45) is 0 Å². The van der Waals surface area contributed by atoms with Crippen molar-refractivity contribution in [2.75, 3.05) is 0 Å². The van der Waals surface area contributed by atoms with Gasteiger partial charge in [0.2, 0.25) is 0 Å². The minimum atomic E-state index is 1.01.